The van der Waals surface area contributed by atoms with Crippen molar-refractivity contribution in [1.82, 2.24) is 10.3 Å². The Morgan fingerprint density at radius 1 is 1.30 bits per heavy atom. The van der Waals surface area contributed by atoms with Gasteiger partial charge in [0.2, 0.25) is 11.3 Å². The van der Waals surface area contributed by atoms with Crippen molar-refractivity contribution >= 4 is 5.71 Å². The fourth-order valence-corrected chi connectivity index (χ4v) is 3.60. The molecule has 108 valence electrons. The molecule has 0 radical (unpaired) electrons. The zero-order valence-corrected chi connectivity index (χ0v) is 11.0. The van der Waals surface area contributed by atoms with Gasteiger partial charge in [0.1, 0.15) is 25.2 Å². The zero-order valence-electron chi connectivity index (χ0n) is 11.0. The number of hydroxylamine groups is 1. The van der Waals surface area contributed by atoms with E-state index in [9.17, 15) is 10.3 Å². The van der Waals surface area contributed by atoms with Gasteiger partial charge in [0.25, 0.3) is 6.17 Å². The summed E-state index contributed by atoms with van der Waals surface area (Å²) in [7, 11) is 0. The summed E-state index contributed by atoms with van der Waals surface area (Å²) < 4.78 is 11.1. The van der Waals surface area contributed by atoms with Gasteiger partial charge in [-0.3, -0.25) is 4.90 Å². The topological polar surface area (TPSA) is 98.9 Å². The highest BCUT2D eigenvalue weighted by Crippen LogP contribution is 2.38. The number of aliphatic hydroxyl groups is 1. The summed E-state index contributed by atoms with van der Waals surface area (Å²) in [6.45, 7) is 2.89. The highest BCUT2D eigenvalue weighted by molar-refractivity contribution is 5.91. The normalized spacial score (nSPS) is 34.1. The Balaban J connectivity index is 1.71. The second-order valence-electron chi connectivity index (χ2n) is 5.68. The van der Waals surface area contributed by atoms with E-state index in [2.05, 4.69) is 10.3 Å². The maximum absolute atomic E-state index is 12.6. The minimum absolute atomic E-state index is 0.276. The molecule has 0 bridgehead atoms. The number of hydrogen-bond donors (Lipinski definition) is 2. The Bertz CT molecular complexity index is 566. The molecule has 0 aromatic carbocycles. The molecule has 2 N–H and O–H groups in total. The first-order valence-electron chi connectivity index (χ1n) is 6.99. The first kappa shape index (κ1) is 12.2. The molecule has 20 heavy (non-hydrogen) atoms. The molecule has 1 aromatic heterocycles. The summed E-state index contributed by atoms with van der Waals surface area (Å²) in [6.07, 6.45) is 1.19. The number of rotatable bonds is 1. The SMILES string of the molecule is [O-][N+]1=C2CCc3nonc3[C@]2(O)C[C@@H]1[NH+]1CCOCC1. The molecule has 4 rings (SSSR count). The lowest BCUT2D eigenvalue weighted by atomic mass is 9.82. The van der Waals surface area contributed by atoms with Crippen LogP contribution in [0.2, 0.25) is 0 Å². The van der Waals surface area contributed by atoms with Crippen molar-refractivity contribution in [3.05, 3.63) is 16.6 Å². The fourth-order valence-electron chi connectivity index (χ4n) is 3.60. The molecule has 1 saturated heterocycles. The molecule has 8 nitrogen and oxygen atoms in total. The molecule has 3 heterocycles. The third kappa shape index (κ3) is 1.55. The van der Waals surface area contributed by atoms with Crippen molar-refractivity contribution in [2.24, 2.45) is 0 Å². The summed E-state index contributed by atoms with van der Waals surface area (Å²) in [5.74, 6) is 0. The van der Waals surface area contributed by atoms with Crippen LogP contribution in [0.15, 0.2) is 4.63 Å². The molecule has 1 aliphatic carbocycles. The summed E-state index contributed by atoms with van der Waals surface area (Å²) in [5, 5.41) is 31.1. The third-order valence-electron chi connectivity index (χ3n) is 4.67. The number of aromatic nitrogens is 2. The number of ether oxygens (including phenoxy) is 1. The second-order valence-corrected chi connectivity index (χ2v) is 5.68. The van der Waals surface area contributed by atoms with Crippen molar-refractivity contribution in [2.75, 3.05) is 26.3 Å². The number of nitrogens with zero attached hydrogens (tertiary/aromatic N) is 3. The highest BCUT2D eigenvalue weighted by atomic mass is 16.6. The smallest absolute Gasteiger partial charge is 0.292 e. The molecule has 0 amide bonds. The van der Waals surface area contributed by atoms with E-state index in [0.29, 0.717) is 49.6 Å². The monoisotopic (exact) mass is 281 g/mol. The molecule has 1 fully saturated rings. The van der Waals surface area contributed by atoms with Gasteiger partial charge in [0.05, 0.1) is 13.2 Å². The van der Waals surface area contributed by atoms with Gasteiger partial charge >= 0.3 is 0 Å². The number of nitrogens with one attached hydrogen (secondary N) is 1. The van der Waals surface area contributed by atoms with Gasteiger partial charge in [-0.2, -0.15) is 4.74 Å². The van der Waals surface area contributed by atoms with Crippen LogP contribution in [0.25, 0.3) is 0 Å². The van der Waals surface area contributed by atoms with Crippen LogP contribution >= 0.6 is 0 Å². The lowest BCUT2D eigenvalue weighted by molar-refractivity contribution is -1.01. The summed E-state index contributed by atoms with van der Waals surface area (Å²) in [5.41, 5.74) is 0.299. The Morgan fingerprint density at radius 3 is 2.90 bits per heavy atom. The van der Waals surface area contributed by atoms with E-state index in [0.717, 1.165) is 17.8 Å². The Hall–Kier alpha value is -1.51. The number of morpholine rings is 1. The van der Waals surface area contributed by atoms with Crippen molar-refractivity contribution in [3.8, 4) is 0 Å². The quantitative estimate of drug-likeness (QED) is 0.448. The van der Waals surface area contributed by atoms with Gasteiger partial charge in [-0.15, -0.1) is 0 Å². The Labute approximate surface area is 115 Å². The summed E-state index contributed by atoms with van der Waals surface area (Å²) >= 11 is 0. The van der Waals surface area contributed by atoms with Crippen LogP contribution in [0.5, 0.6) is 0 Å². The van der Waals surface area contributed by atoms with Crippen LogP contribution in [0, 0.1) is 5.21 Å². The average molecular weight is 281 g/mol. The van der Waals surface area contributed by atoms with Crippen molar-refractivity contribution in [2.45, 2.75) is 31.0 Å². The van der Waals surface area contributed by atoms with Crippen molar-refractivity contribution in [3.63, 3.8) is 0 Å². The average Bonchev–Trinajstić information content (AvgIpc) is 3.04. The van der Waals surface area contributed by atoms with E-state index in [1.807, 2.05) is 0 Å². The molecule has 0 spiro atoms. The van der Waals surface area contributed by atoms with Crippen LogP contribution < -0.4 is 4.90 Å². The van der Waals surface area contributed by atoms with Crippen LogP contribution in [0.4, 0.5) is 0 Å². The predicted octanol–water partition coefficient (Wildman–Crippen LogP) is -2.20. The molecule has 8 heteroatoms. The molecular weight excluding hydrogens is 264 g/mol. The molecule has 2 atom stereocenters. The van der Waals surface area contributed by atoms with Crippen LogP contribution in [0.3, 0.4) is 0 Å². The first-order valence-corrected chi connectivity index (χ1v) is 6.99. The van der Waals surface area contributed by atoms with Gasteiger partial charge in [0.15, 0.2) is 5.69 Å². The maximum Gasteiger partial charge on any atom is 0.292 e. The minimum Gasteiger partial charge on any atom is -0.619 e. The number of fused-ring (bicyclic) bond motifs is 3. The number of aryl methyl sites for hydroxylation is 1. The highest BCUT2D eigenvalue weighted by Gasteiger charge is 2.59. The summed E-state index contributed by atoms with van der Waals surface area (Å²) in [6, 6.07) is 0. The minimum atomic E-state index is -1.30. The lowest BCUT2D eigenvalue weighted by Crippen LogP contribution is -3.18. The Morgan fingerprint density at radius 2 is 2.10 bits per heavy atom. The number of quaternary nitrogens is 1. The molecule has 0 saturated carbocycles. The lowest BCUT2D eigenvalue weighted by Gasteiger charge is -2.27. The molecule has 1 aromatic rings. The van der Waals surface area contributed by atoms with Gasteiger partial charge in [-0.25, -0.2) is 4.63 Å². The van der Waals surface area contributed by atoms with E-state index in [-0.39, 0.29) is 6.17 Å². The van der Waals surface area contributed by atoms with E-state index >= 15 is 0 Å². The van der Waals surface area contributed by atoms with E-state index in [1.165, 1.54) is 4.90 Å². The van der Waals surface area contributed by atoms with Crippen LogP contribution in [-0.2, 0) is 16.8 Å². The predicted molar refractivity (Wildman–Crippen MR) is 65.1 cm³/mol. The zero-order chi connectivity index (χ0) is 13.7. The Kier molecular flexibility index (Phi) is 2.60. The van der Waals surface area contributed by atoms with Crippen molar-refractivity contribution < 1.29 is 24.1 Å². The van der Waals surface area contributed by atoms with Gasteiger partial charge in [-0.05, 0) is 0 Å². The first-order chi connectivity index (χ1) is 9.70. The standard InChI is InChI=1S/C12H16N4O4/c17-12-7-10(15-3-5-19-6-4-15)16(18)9(12)2-1-8-11(12)14-20-13-8/h10,17H,1-7H2/p+1/t10-,12+/m1/s1. The van der Waals surface area contributed by atoms with Gasteiger partial charge < -0.3 is 15.1 Å². The van der Waals surface area contributed by atoms with E-state index in [1.54, 1.807) is 0 Å². The van der Waals surface area contributed by atoms with Crippen LogP contribution in [-0.4, -0.2) is 58.3 Å². The largest absolute Gasteiger partial charge is 0.619 e. The third-order valence-corrected chi connectivity index (χ3v) is 4.67. The second kappa shape index (κ2) is 4.24. The van der Waals surface area contributed by atoms with E-state index in [4.69, 9.17) is 9.37 Å². The van der Waals surface area contributed by atoms with Crippen LogP contribution in [0.1, 0.15) is 24.2 Å². The molecular formula is C12H17N4O4+. The molecule has 3 aliphatic rings. The summed E-state index contributed by atoms with van der Waals surface area (Å²) in [4.78, 5) is 1.17. The fraction of sp³-hybridized carbons (Fsp3) is 0.750. The van der Waals surface area contributed by atoms with Crippen molar-refractivity contribution in [1.29, 1.82) is 0 Å². The number of hydrogen-bond acceptors (Lipinski definition) is 6. The van der Waals surface area contributed by atoms with Gasteiger partial charge in [-0.1, -0.05) is 10.3 Å². The maximum atomic E-state index is 12.6. The van der Waals surface area contributed by atoms with Gasteiger partial charge in [0, 0.05) is 12.8 Å². The van der Waals surface area contributed by atoms with E-state index < -0.39 is 5.60 Å². The molecule has 0 unspecified atom stereocenters. The molecule has 2 aliphatic heterocycles.